The maximum Gasteiger partial charge on any atom is 0.248 e. The van der Waals surface area contributed by atoms with Crippen molar-refractivity contribution in [2.45, 2.75) is 50.7 Å². The molecule has 212 valence electrons. The zero-order chi connectivity index (χ0) is 29.6. The molecule has 11 heteroatoms. The van der Waals surface area contributed by atoms with Crippen molar-refractivity contribution in [3.05, 3.63) is 98.0 Å². The quantitative estimate of drug-likeness (QED) is 0.260. The minimum Gasteiger partial charge on any atom is -0.366 e. The Morgan fingerprint density at radius 2 is 1.73 bits per heavy atom. The van der Waals surface area contributed by atoms with Crippen LogP contribution in [0.4, 0.5) is 14.5 Å². The van der Waals surface area contributed by atoms with Crippen LogP contribution in [0.1, 0.15) is 54.6 Å². The van der Waals surface area contributed by atoms with Gasteiger partial charge in [-0.05, 0) is 53.8 Å². The fourth-order valence-electron chi connectivity index (χ4n) is 5.38. The Morgan fingerprint density at radius 1 is 1.02 bits per heavy atom. The molecule has 0 spiro atoms. The van der Waals surface area contributed by atoms with E-state index >= 15 is 8.78 Å². The molecule has 4 unspecified atom stereocenters. The molecule has 1 aliphatic rings. The maximum atomic E-state index is 15.7. The molecule has 0 radical (unpaired) electrons. The van der Waals surface area contributed by atoms with Gasteiger partial charge in [-0.2, -0.15) is 0 Å². The van der Waals surface area contributed by atoms with Crippen LogP contribution in [0.3, 0.4) is 0 Å². The molecule has 6 N–H and O–H groups in total. The fraction of sp³-hybridized carbons (Fsp3) is 0.310. The molecule has 3 aromatic carbocycles. The highest BCUT2D eigenvalue weighted by Gasteiger charge is 2.58. The van der Waals surface area contributed by atoms with E-state index < -0.39 is 47.0 Å². The van der Waals surface area contributed by atoms with Crippen molar-refractivity contribution in [2.24, 2.45) is 16.9 Å². The van der Waals surface area contributed by atoms with Crippen molar-refractivity contribution < 1.29 is 18.4 Å². The Bertz CT molecular complexity index is 1480. The second-order valence-corrected chi connectivity index (χ2v) is 12.4. The number of anilines is 1. The number of carbonyl (C=O) groups excluding carboxylic acids is 2. The molecule has 3 aromatic rings. The van der Waals surface area contributed by atoms with Crippen LogP contribution in [0, 0.1) is 17.0 Å². The average Bonchev–Trinajstić information content (AvgIpc) is 3.13. The minimum absolute atomic E-state index is 0.0450. The third-order valence-electron chi connectivity index (χ3n) is 7.13. The standard InChI is InChI=1S/C29H29Cl3F2N4O2/c1-28(2,3)13-22-29(36,17-9-8-15(30)12-20(17)33)23(16-5-4-6-18(31)24(16)34)25(38-22)27(40)37-21-10-7-14(26(35)39)11-19(21)32/h4-12,22-23,25,38H,13,36H2,1-3H3,(H2,35,39)(H,37,40). The van der Waals surface area contributed by atoms with Gasteiger partial charge in [-0.15, -0.1) is 0 Å². The smallest absolute Gasteiger partial charge is 0.248 e. The van der Waals surface area contributed by atoms with Gasteiger partial charge in [0.1, 0.15) is 11.6 Å². The molecular formula is C29H29Cl3F2N4O2. The first-order chi connectivity index (χ1) is 18.6. The van der Waals surface area contributed by atoms with Crippen molar-refractivity contribution >= 4 is 52.3 Å². The summed E-state index contributed by atoms with van der Waals surface area (Å²) in [6, 6.07) is 10.9. The van der Waals surface area contributed by atoms with E-state index in [1.807, 2.05) is 20.8 Å². The molecule has 1 heterocycles. The summed E-state index contributed by atoms with van der Waals surface area (Å²) in [6.45, 7) is 5.95. The van der Waals surface area contributed by atoms with Gasteiger partial charge in [0.05, 0.1) is 27.3 Å². The normalized spacial score (nSPS) is 22.8. The van der Waals surface area contributed by atoms with Gasteiger partial charge < -0.3 is 22.1 Å². The summed E-state index contributed by atoms with van der Waals surface area (Å²) in [5, 5.41) is 6.08. The summed E-state index contributed by atoms with van der Waals surface area (Å²) < 4.78 is 31.2. The molecular weight excluding hydrogens is 581 g/mol. The summed E-state index contributed by atoms with van der Waals surface area (Å²) in [6.07, 6.45) is 0.405. The van der Waals surface area contributed by atoms with E-state index in [1.54, 1.807) is 6.07 Å². The lowest BCUT2D eigenvalue weighted by Gasteiger charge is -2.40. The molecule has 6 nitrogen and oxygen atoms in total. The molecule has 1 aliphatic heterocycles. The summed E-state index contributed by atoms with van der Waals surface area (Å²) in [5.41, 5.74) is 11.0. The highest BCUT2D eigenvalue weighted by atomic mass is 35.5. The number of nitrogens with two attached hydrogens (primary N) is 2. The van der Waals surface area contributed by atoms with Gasteiger partial charge in [-0.1, -0.05) is 73.8 Å². The van der Waals surface area contributed by atoms with E-state index in [4.69, 9.17) is 46.3 Å². The second kappa shape index (κ2) is 11.3. The highest BCUT2D eigenvalue weighted by Crippen LogP contribution is 2.50. The van der Waals surface area contributed by atoms with Crippen LogP contribution in [-0.4, -0.2) is 23.9 Å². The number of hydrogen-bond donors (Lipinski definition) is 4. The van der Waals surface area contributed by atoms with Gasteiger partial charge in [0.25, 0.3) is 0 Å². The topological polar surface area (TPSA) is 110 Å². The van der Waals surface area contributed by atoms with Gasteiger partial charge in [0.2, 0.25) is 11.8 Å². The monoisotopic (exact) mass is 608 g/mol. The van der Waals surface area contributed by atoms with Crippen LogP contribution >= 0.6 is 34.8 Å². The van der Waals surface area contributed by atoms with E-state index in [2.05, 4.69) is 10.6 Å². The summed E-state index contributed by atoms with van der Waals surface area (Å²) >= 11 is 18.5. The molecule has 0 aromatic heterocycles. The van der Waals surface area contributed by atoms with E-state index in [0.717, 1.165) is 6.07 Å². The lowest BCUT2D eigenvalue weighted by atomic mass is 9.68. The summed E-state index contributed by atoms with van der Waals surface area (Å²) in [4.78, 5) is 25.4. The number of rotatable bonds is 6. The van der Waals surface area contributed by atoms with E-state index in [1.165, 1.54) is 42.5 Å². The maximum absolute atomic E-state index is 15.7. The third-order valence-corrected chi connectivity index (χ3v) is 7.97. The zero-order valence-corrected chi connectivity index (χ0v) is 24.3. The van der Waals surface area contributed by atoms with Crippen molar-refractivity contribution in [1.29, 1.82) is 0 Å². The molecule has 1 fully saturated rings. The molecule has 4 atom stereocenters. The van der Waals surface area contributed by atoms with Crippen molar-refractivity contribution in [3.63, 3.8) is 0 Å². The number of hydrogen-bond acceptors (Lipinski definition) is 4. The van der Waals surface area contributed by atoms with Crippen molar-refractivity contribution in [2.75, 3.05) is 5.32 Å². The van der Waals surface area contributed by atoms with Crippen molar-refractivity contribution in [1.82, 2.24) is 5.32 Å². The van der Waals surface area contributed by atoms with Gasteiger partial charge in [0.15, 0.2) is 0 Å². The first kappa shape index (κ1) is 30.2. The Hall–Kier alpha value is -2.75. The first-order valence-corrected chi connectivity index (χ1v) is 13.6. The summed E-state index contributed by atoms with van der Waals surface area (Å²) in [5.74, 6) is -3.85. The molecule has 4 rings (SSSR count). The van der Waals surface area contributed by atoms with Crippen LogP contribution in [0.5, 0.6) is 0 Å². The zero-order valence-electron chi connectivity index (χ0n) is 22.0. The van der Waals surface area contributed by atoms with E-state index in [-0.39, 0.29) is 42.9 Å². The molecule has 40 heavy (non-hydrogen) atoms. The first-order valence-electron chi connectivity index (χ1n) is 12.5. The van der Waals surface area contributed by atoms with Crippen LogP contribution in [0.2, 0.25) is 15.1 Å². The van der Waals surface area contributed by atoms with Crippen molar-refractivity contribution in [3.8, 4) is 0 Å². The third kappa shape index (κ3) is 5.83. The molecule has 0 aliphatic carbocycles. The average molecular weight is 610 g/mol. The molecule has 0 saturated carbocycles. The predicted molar refractivity (Wildman–Crippen MR) is 155 cm³/mol. The van der Waals surface area contributed by atoms with Crippen LogP contribution in [-0.2, 0) is 10.3 Å². The molecule has 2 amide bonds. The van der Waals surface area contributed by atoms with Crippen LogP contribution < -0.4 is 22.1 Å². The molecule has 1 saturated heterocycles. The molecule has 0 bridgehead atoms. The SMILES string of the molecule is CC(C)(C)CC1NC(C(=O)Nc2ccc(C(N)=O)cc2Cl)C(c2cccc(Cl)c2F)C1(N)c1ccc(Cl)cc1F. The largest absolute Gasteiger partial charge is 0.366 e. The van der Waals surface area contributed by atoms with Gasteiger partial charge >= 0.3 is 0 Å². The number of carbonyl (C=O) groups is 2. The lowest BCUT2D eigenvalue weighted by Crippen LogP contribution is -2.52. The van der Waals surface area contributed by atoms with Gasteiger partial charge in [0, 0.05) is 28.1 Å². The van der Waals surface area contributed by atoms with E-state index in [9.17, 15) is 9.59 Å². The lowest BCUT2D eigenvalue weighted by molar-refractivity contribution is -0.118. The summed E-state index contributed by atoms with van der Waals surface area (Å²) in [7, 11) is 0. The number of benzene rings is 3. The fourth-order valence-corrected chi connectivity index (χ4v) is 5.95. The van der Waals surface area contributed by atoms with Crippen LogP contribution in [0.15, 0.2) is 54.6 Å². The number of nitrogens with one attached hydrogen (secondary N) is 2. The van der Waals surface area contributed by atoms with Crippen LogP contribution in [0.25, 0.3) is 0 Å². The van der Waals surface area contributed by atoms with Gasteiger partial charge in [-0.3, -0.25) is 9.59 Å². The van der Waals surface area contributed by atoms with Gasteiger partial charge in [-0.25, -0.2) is 8.78 Å². The minimum atomic E-state index is -1.62. The Morgan fingerprint density at radius 3 is 2.33 bits per heavy atom. The number of primary amides is 1. The Balaban J connectivity index is 1.89. The highest BCUT2D eigenvalue weighted by molar-refractivity contribution is 6.34. The second-order valence-electron chi connectivity index (χ2n) is 11.2. The predicted octanol–water partition coefficient (Wildman–Crippen LogP) is 6.38. The van der Waals surface area contributed by atoms with E-state index in [0.29, 0.717) is 6.42 Å². The Kier molecular flexibility index (Phi) is 8.50. The Labute approximate surface area is 246 Å². The number of halogens is 5. The number of amides is 2.